The van der Waals surface area contributed by atoms with Gasteiger partial charge in [-0.05, 0) is 36.4 Å². The Hall–Kier alpha value is -4.26. The van der Waals surface area contributed by atoms with E-state index in [9.17, 15) is 19.8 Å². The monoisotopic (exact) mass is 400 g/mol. The van der Waals surface area contributed by atoms with E-state index in [-0.39, 0.29) is 28.4 Å². The highest BCUT2D eigenvalue weighted by Crippen LogP contribution is 2.41. The second-order valence-electron chi connectivity index (χ2n) is 6.97. The fourth-order valence-corrected chi connectivity index (χ4v) is 3.90. The third-order valence-electron chi connectivity index (χ3n) is 5.27. The zero-order valence-corrected chi connectivity index (χ0v) is 15.5. The van der Waals surface area contributed by atoms with E-state index in [0.29, 0.717) is 21.8 Å². The minimum absolute atomic E-state index is 0.0836. The Morgan fingerprint density at radius 2 is 1.20 bits per heavy atom. The lowest BCUT2D eigenvalue weighted by molar-refractivity contribution is 0.445. The zero-order chi connectivity index (χ0) is 20.8. The number of rotatable bonds is 3. The molecule has 7 nitrogen and oxygen atoms in total. The van der Waals surface area contributed by atoms with E-state index >= 15 is 0 Å². The van der Waals surface area contributed by atoms with E-state index in [4.69, 9.17) is 4.42 Å². The van der Waals surface area contributed by atoms with Crippen molar-refractivity contribution >= 4 is 21.8 Å². The number of hydrogen-bond donors (Lipinski definition) is 4. The summed E-state index contributed by atoms with van der Waals surface area (Å²) in [7, 11) is 0. The number of hydrogen-bond acceptors (Lipinski definition) is 5. The van der Waals surface area contributed by atoms with Gasteiger partial charge in [0.15, 0.2) is 0 Å². The van der Waals surface area contributed by atoms with Gasteiger partial charge in [0.2, 0.25) is 0 Å². The summed E-state index contributed by atoms with van der Waals surface area (Å²) in [4.78, 5) is 31.5. The minimum atomic E-state index is -1.12. The van der Waals surface area contributed by atoms with E-state index < -0.39 is 17.0 Å². The second kappa shape index (κ2) is 6.66. The van der Waals surface area contributed by atoms with Crippen molar-refractivity contribution in [1.82, 2.24) is 9.97 Å². The Labute approximate surface area is 168 Å². The molecule has 7 heteroatoms. The summed E-state index contributed by atoms with van der Waals surface area (Å²) in [5, 5.41) is 22.8. The molecule has 5 aromatic rings. The molecule has 0 saturated heterocycles. The van der Waals surface area contributed by atoms with Crippen molar-refractivity contribution < 1.29 is 14.6 Å². The van der Waals surface area contributed by atoms with Crippen molar-refractivity contribution in [2.45, 2.75) is 5.92 Å². The van der Waals surface area contributed by atoms with Crippen LogP contribution in [0.25, 0.3) is 21.8 Å². The molecule has 3 heterocycles. The maximum atomic E-state index is 13.0. The molecule has 2 aromatic carbocycles. The van der Waals surface area contributed by atoms with E-state index in [1.54, 1.807) is 60.7 Å². The van der Waals surface area contributed by atoms with Gasteiger partial charge in [0, 0.05) is 10.8 Å². The van der Waals surface area contributed by atoms with Gasteiger partial charge < -0.3 is 24.6 Å². The maximum Gasteiger partial charge on any atom is 0.256 e. The van der Waals surface area contributed by atoms with E-state index in [1.807, 2.05) is 0 Å². The third kappa shape index (κ3) is 2.60. The van der Waals surface area contributed by atoms with Gasteiger partial charge in [-0.25, -0.2) is 0 Å². The van der Waals surface area contributed by atoms with Crippen molar-refractivity contribution in [3.63, 3.8) is 0 Å². The first kappa shape index (κ1) is 17.8. The van der Waals surface area contributed by atoms with Crippen LogP contribution >= 0.6 is 0 Å². The maximum absolute atomic E-state index is 13.0. The lowest BCUT2D eigenvalue weighted by Crippen LogP contribution is -2.24. The highest BCUT2D eigenvalue weighted by Gasteiger charge is 2.32. The minimum Gasteiger partial charge on any atom is -0.507 e. The smallest absolute Gasteiger partial charge is 0.256 e. The average Bonchev–Trinajstić information content (AvgIpc) is 3.27. The van der Waals surface area contributed by atoms with Crippen LogP contribution in [0.1, 0.15) is 22.8 Å². The number of benzene rings is 2. The van der Waals surface area contributed by atoms with Crippen molar-refractivity contribution in [3.8, 4) is 11.5 Å². The summed E-state index contributed by atoms with van der Waals surface area (Å²) in [6, 6.07) is 16.8. The predicted molar refractivity (Wildman–Crippen MR) is 112 cm³/mol. The van der Waals surface area contributed by atoms with Gasteiger partial charge in [-0.2, -0.15) is 0 Å². The molecule has 0 fully saturated rings. The molecular weight excluding hydrogens is 384 g/mol. The molecule has 148 valence electrons. The van der Waals surface area contributed by atoms with Gasteiger partial charge in [-0.15, -0.1) is 0 Å². The number of aromatic amines is 2. The Balaban J connectivity index is 1.90. The Bertz CT molecular complexity index is 1410. The molecule has 3 aromatic heterocycles. The van der Waals surface area contributed by atoms with Crippen LogP contribution in [-0.4, -0.2) is 20.2 Å². The first-order chi connectivity index (χ1) is 14.6. The summed E-state index contributed by atoms with van der Waals surface area (Å²) >= 11 is 0. The van der Waals surface area contributed by atoms with Crippen LogP contribution in [0.3, 0.4) is 0 Å². The number of H-pyrrole nitrogens is 2. The van der Waals surface area contributed by atoms with Crippen LogP contribution in [0.15, 0.2) is 80.9 Å². The molecule has 0 saturated carbocycles. The second-order valence-corrected chi connectivity index (χ2v) is 6.97. The zero-order valence-electron chi connectivity index (χ0n) is 15.5. The van der Waals surface area contributed by atoms with Crippen molar-refractivity contribution in [2.75, 3.05) is 0 Å². The van der Waals surface area contributed by atoms with E-state index in [2.05, 4.69) is 9.97 Å². The molecule has 30 heavy (non-hydrogen) atoms. The molecule has 4 N–H and O–H groups in total. The molecule has 0 unspecified atom stereocenters. The van der Waals surface area contributed by atoms with Crippen molar-refractivity contribution in [2.24, 2.45) is 0 Å². The number of para-hydroxylation sites is 2. The Morgan fingerprint density at radius 3 is 1.67 bits per heavy atom. The van der Waals surface area contributed by atoms with Crippen LogP contribution in [0.2, 0.25) is 0 Å². The Kier molecular flexibility index (Phi) is 3.96. The van der Waals surface area contributed by atoms with Gasteiger partial charge in [-0.1, -0.05) is 24.3 Å². The molecule has 0 radical (unpaired) electrons. The van der Waals surface area contributed by atoms with Gasteiger partial charge in [0.25, 0.3) is 11.1 Å². The lowest BCUT2D eigenvalue weighted by Gasteiger charge is -2.18. The SMILES string of the molecule is O=c1[nH]c2ccccc2c(O)c1C(c1ccco1)c1c(O)c2ccccc2[nH]c1=O. The number of fused-ring (bicyclic) bond motifs is 2. The lowest BCUT2D eigenvalue weighted by atomic mass is 9.87. The highest BCUT2D eigenvalue weighted by atomic mass is 16.3. The fourth-order valence-electron chi connectivity index (χ4n) is 3.90. The van der Waals surface area contributed by atoms with Crippen LogP contribution < -0.4 is 11.1 Å². The predicted octanol–water partition coefficient (Wildman–Crippen LogP) is 3.55. The normalized spacial score (nSPS) is 11.5. The molecule has 0 aliphatic heterocycles. The van der Waals surface area contributed by atoms with Gasteiger partial charge in [0.05, 0.1) is 34.3 Å². The summed E-state index contributed by atoms with van der Waals surface area (Å²) in [5.74, 6) is -1.44. The van der Waals surface area contributed by atoms with E-state index in [0.717, 1.165) is 0 Å². The summed E-state index contributed by atoms with van der Waals surface area (Å²) in [6.45, 7) is 0. The first-order valence-electron chi connectivity index (χ1n) is 9.27. The van der Waals surface area contributed by atoms with Gasteiger partial charge >= 0.3 is 0 Å². The largest absolute Gasteiger partial charge is 0.507 e. The van der Waals surface area contributed by atoms with Crippen LogP contribution in [0.5, 0.6) is 11.5 Å². The topological polar surface area (TPSA) is 119 Å². The number of pyridine rings is 2. The summed E-state index contributed by atoms with van der Waals surface area (Å²) in [6.07, 6.45) is 1.40. The van der Waals surface area contributed by atoms with Gasteiger partial charge in [-0.3, -0.25) is 9.59 Å². The summed E-state index contributed by atoms with van der Waals surface area (Å²) in [5.41, 5.74) is -0.421. The third-order valence-corrected chi connectivity index (χ3v) is 5.27. The summed E-state index contributed by atoms with van der Waals surface area (Å²) < 4.78 is 5.52. The van der Waals surface area contributed by atoms with E-state index in [1.165, 1.54) is 6.26 Å². The molecular formula is C23H16N2O5. The average molecular weight is 400 g/mol. The molecule has 5 rings (SSSR count). The number of aromatic hydroxyl groups is 2. The molecule has 0 atom stereocenters. The molecule has 0 bridgehead atoms. The van der Waals surface area contributed by atoms with Crippen molar-refractivity contribution in [1.29, 1.82) is 0 Å². The number of furan rings is 1. The Morgan fingerprint density at radius 1 is 0.700 bits per heavy atom. The first-order valence-corrected chi connectivity index (χ1v) is 9.27. The quantitative estimate of drug-likeness (QED) is 0.369. The molecule has 0 amide bonds. The van der Waals surface area contributed by atoms with Crippen LogP contribution in [0, 0.1) is 0 Å². The number of nitrogens with one attached hydrogen (secondary N) is 2. The van der Waals surface area contributed by atoms with Crippen LogP contribution in [-0.2, 0) is 0 Å². The molecule has 0 aliphatic rings. The van der Waals surface area contributed by atoms with Crippen LogP contribution in [0.4, 0.5) is 0 Å². The standard InChI is InChI=1S/C23H16N2O5/c26-20-12-6-1-3-8-14(12)24-22(28)18(20)17(16-10-5-11-30-16)19-21(27)13-7-2-4-9-15(13)25-23(19)29/h1-11,17H,(H2,24,26,28)(H2,25,27,29). The highest BCUT2D eigenvalue weighted by molar-refractivity contribution is 5.88. The molecule has 0 spiro atoms. The van der Waals surface area contributed by atoms with Gasteiger partial charge in [0.1, 0.15) is 17.3 Å². The van der Waals surface area contributed by atoms with Crippen molar-refractivity contribution in [3.05, 3.63) is 105 Å². The molecule has 0 aliphatic carbocycles. The fraction of sp³-hybridized carbons (Fsp3) is 0.0435. The number of aromatic nitrogens is 2.